The van der Waals surface area contributed by atoms with Crippen molar-refractivity contribution < 1.29 is 8.42 Å². The average Bonchev–Trinajstić information content (AvgIpc) is 2.11. The smallest absolute Gasteiger partial charge is 0.212 e. The molecule has 0 saturated heterocycles. The predicted octanol–water partition coefficient (Wildman–Crippen LogP) is 0.398. The van der Waals surface area contributed by atoms with Gasteiger partial charge in [0.25, 0.3) is 0 Å². The molecule has 3 N–H and O–H groups in total. The van der Waals surface area contributed by atoms with E-state index in [0.717, 1.165) is 25.0 Å². The monoisotopic (exact) mass is 240 g/mol. The van der Waals surface area contributed by atoms with Gasteiger partial charge in [0.15, 0.2) is 0 Å². The third-order valence-corrected chi connectivity index (χ3v) is 3.85. The van der Waals surface area contributed by atoms with Gasteiger partial charge in [-0.25, -0.2) is 13.1 Å². The fraction of sp³-hybridized carbons (Fsp3) is 1.00. The van der Waals surface area contributed by atoms with Crippen molar-refractivity contribution in [3.05, 3.63) is 0 Å². The summed E-state index contributed by atoms with van der Waals surface area (Å²) in [5.74, 6) is 1.17. The Morgan fingerprint density at radius 2 is 2.00 bits per heavy atom. The molecule has 0 unspecified atom stereocenters. The van der Waals surface area contributed by atoms with E-state index in [1.807, 2.05) is 11.8 Å². The van der Waals surface area contributed by atoms with Crippen LogP contribution in [0.2, 0.25) is 0 Å². The number of unbranched alkanes of at least 4 members (excludes halogenated alkanes) is 2. The van der Waals surface area contributed by atoms with Gasteiger partial charge >= 0.3 is 0 Å². The Morgan fingerprint density at radius 1 is 1.29 bits per heavy atom. The first-order chi connectivity index (χ1) is 6.62. The lowest BCUT2D eigenvalue weighted by Gasteiger charge is -2.04. The molecule has 6 heteroatoms. The molecule has 0 bridgehead atoms. The molecule has 0 fully saturated rings. The lowest BCUT2D eigenvalue weighted by Crippen LogP contribution is -2.30. The summed E-state index contributed by atoms with van der Waals surface area (Å²) in [6, 6.07) is 0. The molecule has 0 saturated carbocycles. The largest absolute Gasteiger partial charge is 0.329 e. The molecule has 0 aromatic carbocycles. The van der Waals surface area contributed by atoms with Gasteiger partial charge in [-0.05, 0) is 24.9 Å². The molecular weight excluding hydrogens is 220 g/mol. The number of hydrogen-bond donors (Lipinski definition) is 2. The van der Waals surface area contributed by atoms with Gasteiger partial charge in [-0.15, -0.1) is 0 Å². The van der Waals surface area contributed by atoms with Crippen LogP contribution in [0.15, 0.2) is 0 Å². The molecular formula is C8H20N2O2S2. The summed E-state index contributed by atoms with van der Waals surface area (Å²) < 4.78 is 24.8. The zero-order valence-corrected chi connectivity index (χ0v) is 10.3. The lowest BCUT2D eigenvalue weighted by molar-refractivity contribution is 0.576. The third-order valence-electron chi connectivity index (χ3n) is 1.73. The lowest BCUT2D eigenvalue weighted by atomic mass is 10.2. The molecule has 0 radical (unpaired) electrons. The van der Waals surface area contributed by atoms with Crippen molar-refractivity contribution in [2.24, 2.45) is 5.73 Å². The summed E-state index contributed by atoms with van der Waals surface area (Å²) in [4.78, 5) is 0. The Kier molecular flexibility index (Phi) is 8.66. The van der Waals surface area contributed by atoms with Gasteiger partial charge in [-0.3, -0.25) is 0 Å². The van der Waals surface area contributed by atoms with Gasteiger partial charge < -0.3 is 5.73 Å². The fourth-order valence-corrected chi connectivity index (χ4v) is 2.41. The summed E-state index contributed by atoms with van der Waals surface area (Å²) >= 11 is 1.82. The van der Waals surface area contributed by atoms with Crippen LogP contribution in [0.5, 0.6) is 0 Å². The molecule has 0 aliphatic carbocycles. The van der Waals surface area contributed by atoms with Crippen LogP contribution in [0.1, 0.15) is 19.3 Å². The highest BCUT2D eigenvalue weighted by atomic mass is 32.2. The summed E-state index contributed by atoms with van der Waals surface area (Å²) in [7, 11) is -3.10. The Labute approximate surface area is 91.1 Å². The highest BCUT2D eigenvalue weighted by molar-refractivity contribution is 7.98. The van der Waals surface area contributed by atoms with Gasteiger partial charge in [0.1, 0.15) is 0 Å². The van der Waals surface area contributed by atoms with E-state index in [2.05, 4.69) is 11.0 Å². The molecule has 0 heterocycles. The maximum atomic E-state index is 11.1. The van der Waals surface area contributed by atoms with Crippen LogP contribution in [-0.2, 0) is 10.0 Å². The van der Waals surface area contributed by atoms with Crippen molar-refractivity contribution in [1.29, 1.82) is 0 Å². The SMILES string of the molecule is CSCCCCCNS(=O)(=O)CCN. The Bertz CT molecular complexity index is 217. The minimum atomic E-state index is -3.10. The van der Waals surface area contributed by atoms with E-state index >= 15 is 0 Å². The van der Waals surface area contributed by atoms with Crippen molar-refractivity contribution in [1.82, 2.24) is 4.72 Å². The highest BCUT2D eigenvalue weighted by Gasteiger charge is 2.06. The summed E-state index contributed by atoms with van der Waals surface area (Å²) in [6.07, 6.45) is 5.21. The summed E-state index contributed by atoms with van der Waals surface area (Å²) in [5.41, 5.74) is 5.16. The van der Waals surface area contributed by atoms with Crippen LogP contribution in [0, 0.1) is 0 Å². The van der Waals surface area contributed by atoms with Gasteiger partial charge in [0.2, 0.25) is 10.0 Å². The first-order valence-electron chi connectivity index (χ1n) is 4.78. The van der Waals surface area contributed by atoms with Crippen LogP contribution >= 0.6 is 11.8 Å². The van der Waals surface area contributed by atoms with Gasteiger partial charge in [0, 0.05) is 13.1 Å². The fourth-order valence-electron chi connectivity index (χ4n) is 1.00. The topological polar surface area (TPSA) is 72.2 Å². The maximum Gasteiger partial charge on any atom is 0.212 e. The Hall–Kier alpha value is 0.220. The molecule has 0 atom stereocenters. The number of nitrogens with one attached hydrogen (secondary N) is 1. The summed E-state index contributed by atoms with van der Waals surface area (Å²) in [5, 5.41) is 0. The molecule has 14 heavy (non-hydrogen) atoms. The van der Waals surface area contributed by atoms with E-state index in [1.165, 1.54) is 0 Å². The van der Waals surface area contributed by atoms with Crippen LogP contribution in [0.4, 0.5) is 0 Å². The van der Waals surface area contributed by atoms with E-state index in [1.54, 1.807) is 0 Å². The van der Waals surface area contributed by atoms with E-state index in [0.29, 0.717) is 6.54 Å². The normalized spacial score (nSPS) is 11.9. The van der Waals surface area contributed by atoms with Crippen LogP contribution in [0.3, 0.4) is 0 Å². The Balaban J connectivity index is 3.35. The molecule has 0 aromatic rings. The molecule has 4 nitrogen and oxygen atoms in total. The summed E-state index contributed by atoms with van der Waals surface area (Å²) in [6.45, 7) is 0.721. The maximum absolute atomic E-state index is 11.1. The van der Waals surface area contributed by atoms with Crippen LogP contribution < -0.4 is 10.5 Å². The van der Waals surface area contributed by atoms with Crippen molar-refractivity contribution in [3.63, 3.8) is 0 Å². The molecule has 0 aromatic heterocycles. The van der Waals surface area contributed by atoms with Gasteiger partial charge in [-0.1, -0.05) is 6.42 Å². The number of nitrogens with two attached hydrogens (primary N) is 1. The predicted molar refractivity (Wildman–Crippen MR) is 63.1 cm³/mol. The molecule has 86 valence electrons. The van der Waals surface area contributed by atoms with Crippen molar-refractivity contribution in [3.8, 4) is 0 Å². The molecule has 0 aliphatic rings. The van der Waals surface area contributed by atoms with E-state index in [9.17, 15) is 8.42 Å². The van der Waals surface area contributed by atoms with Crippen molar-refractivity contribution in [2.75, 3.05) is 30.9 Å². The molecule has 0 amide bonds. The van der Waals surface area contributed by atoms with Crippen LogP contribution in [-0.4, -0.2) is 39.3 Å². The molecule has 0 rings (SSSR count). The number of sulfonamides is 1. The minimum absolute atomic E-state index is 0.0256. The highest BCUT2D eigenvalue weighted by Crippen LogP contribution is 2.01. The quantitative estimate of drug-likeness (QED) is 0.572. The molecule has 0 spiro atoms. The van der Waals surface area contributed by atoms with Crippen LogP contribution in [0.25, 0.3) is 0 Å². The second-order valence-corrected chi connectivity index (χ2v) is 5.97. The van der Waals surface area contributed by atoms with E-state index in [-0.39, 0.29) is 12.3 Å². The van der Waals surface area contributed by atoms with Gasteiger partial charge in [-0.2, -0.15) is 11.8 Å². The first-order valence-corrected chi connectivity index (χ1v) is 7.83. The average molecular weight is 240 g/mol. The van der Waals surface area contributed by atoms with Crippen molar-refractivity contribution in [2.45, 2.75) is 19.3 Å². The zero-order valence-electron chi connectivity index (χ0n) is 8.66. The second-order valence-electron chi connectivity index (χ2n) is 3.06. The molecule has 0 aliphatic heterocycles. The van der Waals surface area contributed by atoms with Crippen molar-refractivity contribution >= 4 is 21.8 Å². The Morgan fingerprint density at radius 3 is 2.57 bits per heavy atom. The number of hydrogen-bond acceptors (Lipinski definition) is 4. The van der Waals surface area contributed by atoms with E-state index in [4.69, 9.17) is 5.73 Å². The van der Waals surface area contributed by atoms with E-state index < -0.39 is 10.0 Å². The first kappa shape index (κ1) is 14.2. The second kappa shape index (κ2) is 8.52. The standard InChI is InChI=1S/C8H20N2O2S2/c1-13-7-4-2-3-6-10-14(11,12)8-5-9/h10H,2-9H2,1H3. The number of rotatable bonds is 9. The third kappa shape index (κ3) is 8.80. The minimum Gasteiger partial charge on any atom is -0.329 e. The number of thioether (sulfide) groups is 1. The zero-order chi connectivity index (χ0) is 10.9. The van der Waals surface area contributed by atoms with Gasteiger partial charge in [0.05, 0.1) is 5.75 Å².